The predicted molar refractivity (Wildman–Crippen MR) is 85.2 cm³/mol. The first-order valence-corrected chi connectivity index (χ1v) is 7.71. The van der Waals surface area contributed by atoms with Crippen molar-refractivity contribution in [3.63, 3.8) is 0 Å². The maximum absolute atomic E-state index is 12.5. The van der Waals surface area contributed by atoms with Crippen molar-refractivity contribution in [1.82, 2.24) is 19.8 Å². The van der Waals surface area contributed by atoms with Crippen LogP contribution >= 0.6 is 0 Å². The number of hydrogen-bond donors (Lipinski definition) is 1. The molecule has 1 aromatic rings. The number of methoxy groups -OCH3 is 1. The van der Waals surface area contributed by atoms with E-state index in [1.165, 1.54) is 6.33 Å². The van der Waals surface area contributed by atoms with Crippen LogP contribution in [0.3, 0.4) is 0 Å². The average molecular weight is 321 g/mol. The highest BCUT2D eigenvalue weighted by Crippen LogP contribution is 2.10. The molecule has 1 aliphatic heterocycles. The molecule has 2 amide bonds. The average Bonchev–Trinajstić information content (AvgIpc) is 2.58. The fourth-order valence-electron chi connectivity index (χ4n) is 2.39. The van der Waals surface area contributed by atoms with E-state index < -0.39 is 0 Å². The molecule has 23 heavy (non-hydrogen) atoms. The van der Waals surface area contributed by atoms with Gasteiger partial charge in [0.25, 0.3) is 5.91 Å². The fourth-order valence-corrected chi connectivity index (χ4v) is 2.39. The third-order valence-corrected chi connectivity index (χ3v) is 3.73. The molecule has 0 aliphatic carbocycles. The van der Waals surface area contributed by atoms with Crippen molar-refractivity contribution in [3.05, 3.63) is 18.1 Å². The van der Waals surface area contributed by atoms with E-state index in [4.69, 9.17) is 4.74 Å². The number of anilines is 1. The molecule has 1 aliphatic rings. The second-order valence-corrected chi connectivity index (χ2v) is 5.36. The Balaban J connectivity index is 1.91. The smallest absolute Gasteiger partial charge is 0.272 e. The lowest BCUT2D eigenvalue weighted by Gasteiger charge is -2.34. The van der Waals surface area contributed by atoms with Crippen molar-refractivity contribution in [2.24, 2.45) is 0 Å². The van der Waals surface area contributed by atoms with Crippen LogP contribution < -0.4 is 5.32 Å². The van der Waals surface area contributed by atoms with Crippen LogP contribution in [0, 0.1) is 0 Å². The molecule has 1 N–H and O–H groups in total. The summed E-state index contributed by atoms with van der Waals surface area (Å²) >= 11 is 0. The topological polar surface area (TPSA) is 87.7 Å². The van der Waals surface area contributed by atoms with E-state index in [9.17, 15) is 9.59 Å². The summed E-state index contributed by atoms with van der Waals surface area (Å²) in [5.41, 5.74) is 0.366. The minimum absolute atomic E-state index is 0.0432. The van der Waals surface area contributed by atoms with Gasteiger partial charge in [-0.2, -0.15) is 0 Å². The highest BCUT2D eigenvalue weighted by Gasteiger charge is 2.24. The molecular weight excluding hydrogens is 298 g/mol. The largest absolute Gasteiger partial charge is 0.385 e. The summed E-state index contributed by atoms with van der Waals surface area (Å²) in [6, 6.07) is 1.66. The second kappa shape index (κ2) is 8.42. The quantitative estimate of drug-likeness (QED) is 0.755. The van der Waals surface area contributed by atoms with Crippen molar-refractivity contribution in [3.8, 4) is 0 Å². The molecule has 0 unspecified atom stereocenters. The van der Waals surface area contributed by atoms with Crippen LogP contribution in [0.5, 0.6) is 0 Å². The Bertz CT molecular complexity index is 544. The van der Waals surface area contributed by atoms with Gasteiger partial charge in [0.1, 0.15) is 17.8 Å². The lowest BCUT2D eigenvalue weighted by molar-refractivity contribution is -0.130. The molecule has 0 aromatic carbocycles. The van der Waals surface area contributed by atoms with Crippen molar-refractivity contribution in [2.75, 3.05) is 51.8 Å². The van der Waals surface area contributed by atoms with Gasteiger partial charge in [-0.15, -0.1) is 0 Å². The SMILES string of the molecule is COCCCNc1cc(C(=O)N2CCN(C(C)=O)CC2)ncn1. The summed E-state index contributed by atoms with van der Waals surface area (Å²) in [5.74, 6) is 0.541. The molecule has 126 valence electrons. The molecule has 0 spiro atoms. The van der Waals surface area contributed by atoms with Crippen LogP contribution in [0.15, 0.2) is 12.4 Å². The molecular formula is C15H23N5O3. The van der Waals surface area contributed by atoms with E-state index in [1.54, 1.807) is 29.9 Å². The number of carbonyl (C=O) groups excluding carboxylic acids is 2. The number of rotatable bonds is 6. The van der Waals surface area contributed by atoms with Gasteiger partial charge in [0.15, 0.2) is 0 Å². The van der Waals surface area contributed by atoms with Gasteiger partial charge in [-0.25, -0.2) is 9.97 Å². The molecule has 0 radical (unpaired) electrons. The molecule has 8 nitrogen and oxygen atoms in total. The maximum Gasteiger partial charge on any atom is 0.272 e. The molecule has 8 heteroatoms. The van der Waals surface area contributed by atoms with Gasteiger partial charge in [0.2, 0.25) is 5.91 Å². The Hall–Kier alpha value is -2.22. The van der Waals surface area contributed by atoms with Crippen LogP contribution in [-0.4, -0.2) is 78.0 Å². The van der Waals surface area contributed by atoms with Gasteiger partial charge in [-0.1, -0.05) is 0 Å². The highest BCUT2D eigenvalue weighted by atomic mass is 16.5. The summed E-state index contributed by atoms with van der Waals surface area (Å²) in [7, 11) is 1.66. The van der Waals surface area contributed by atoms with Gasteiger partial charge in [0, 0.05) is 59.4 Å². The Morgan fingerprint density at radius 2 is 1.91 bits per heavy atom. The Morgan fingerprint density at radius 1 is 1.22 bits per heavy atom. The number of nitrogens with zero attached hydrogens (tertiary/aromatic N) is 4. The first-order chi connectivity index (χ1) is 11.1. The van der Waals surface area contributed by atoms with E-state index >= 15 is 0 Å². The number of nitrogens with one attached hydrogen (secondary N) is 1. The third kappa shape index (κ3) is 4.88. The van der Waals surface area contributed by atoms with Gasteiger partial charge in [0.05, 0.1) is 0 Å². The molecule has 2 rings (SSSR count). The summed E-state index contributed by atoms with van der Waals surface area (Å²) < 4.78 is 4.99. The van der Waals surface area contributed by atoms with Gasteiger partial charge in [-0.05, 0) is 6.42 Å². The highest BCUT2D eigenvalue weighted by molar-refractivity contribution is 5.93. The number of hydrogen-bond acceptors (Lipinski definition) is 6. The molecule has 1 saturated heterocycles. The molecule has 1 aromatic heterocycles. The lowest BCUT2D eigenvalue weighted by atomic mass is 10.2. The van der Waals surface area contributed by atoms with Crippen molar-refractivity contribution < 1.29 is 14.3 Å². The van der Waals surface area contributed by atoms with E-state index in [1.807, 2.05) is 0 Å². The van der Waals surface area contributed by atoms with Crippen molar-refractivity contribution >= 4 is 17.6 Å². The number of aromatic nitrogens is 2. The zero-order valence-electron chi connectivity index (χ0n) is 13.6. The number of ether oxygens (including phenoxy) is 1. The van der Waals surface area contributed by atoms with Crippen LogP contribution in [0.25, 0.3) is 0 Å². The number of carbonyl (C=O) groups is 2. The maximum atomic E-state index is 12.5. The summed E-state index contributed by atoms with van der Waals surface area (Å²) in [6.45, 7) is 5.12. The summed E-state index contributed by atoms with van der Waals surface area (Å²) in [6.07, 6.45) is 2.24. The first-order valence-electron chi connectivity index (χ1n) is 7.71. The number of amides is 2. The first kappa shape index (κ1) is 17.1. The zero-order chi connectivity index (χ0) is 16.7. The summed E-state index contributed by atoms with van der Waals surface area (Å²) in [4.78, 5) is 35.5. The third-order valence-electron chi connectivity index (χ3n) is 3.73. The second-order valence-electron chi connectivity index (χ2n) is 5.36. The molecule has 0 bridgehead atoms. The fraction of sp³-hybridized carbons (Fsp3) is 0.600. The normalized spacial score (nSPS) is 14.7. The van der Waals surface area contributed by atoms with Gasteiger partial charge < -0.3 is 19.9 Å². The standard InChI is InChI=1S/C15H23N5O3/c1-12(21)19-5-7-20(8-6-19)15(22)13-10-14(18-11-17-13)16-4-3-9-23-2/h10-11H,3-9H2,1-2H3,(H,16,17,18). The molecule has 0 saturated carbocycles. The van der Waals surface area contributed by atoms with Crippen LogP contribution in [0.4, 0.5) is 5.82 Å². The van der Waals surface area contributed by atoms with E-state index in [0.717, 1.165) is 13.0 Å². The summed E-state index contributed by atoms with van der Waals surface area (Å²) in [5, 5.41) is 3.14. The Morgan fingerprint density at radius 3 is 2.57 bits per heavy atom. The van der Waals surface area contributed by atoms with Gasteiger partial charge in [-0.3, -0.25) is 9.59 Å². The minimum Gasteiger partial charge on any atom is -0.385 e. The monoisotopic (exact) mass is 321 g/mol. The van der Waals surface area contributed by atoms with Crippen molar-refractivity contribution in [2.45, 2.75) is 13.3 Å². The molecule has 0 atom stereocenters. The predicted octanol–water partition coefficient (Wildman–Crippen LogP) is 0.229. The van der Waals surface area contributed by atoms with E-state index in [0.29, 0.717) is 44.3 Å². The van der Waals surface area contributed by atoms with Crippen LogP contribution in [0.2, 0.25) is 0 Å². The zero-order valence-corrected chi connectivity index (χ0v) is 13.6. The van der Waals surface area contributed by atoms with Crippen molar-refractivity contribution in [1.29, 1.82) is 0 Å². The minimum atomic E-state index is -0.129. The molecule has 1 fully saturated rings. The lowest BCUT2D eigenvalue weighted by Crippen LogP contribution is -2.50. The molecule has 2 heterocycles. The van der Waals surface area contributed by atoms with Crippen LogP contribution in [0.1, 0.15) is 23.8 Å². The van der Waals surface area contributed by atoms with Crippen LogP contribution in [-0.2, 0) is 9.53 Å². The Kier molecular flexibility index (Phi) is 6.28. The van der Waals surface area contributed by atoms with E-state index in [2.05, 4.69) is 15.3 Å². The number of piperazine rings is 1. The Labute approximate surface area is 135 Å². The van der Waals surface area contributed by atoms with Gasteiger partial charge >= 0.3 is 0 Å². The van der Waals surface area contributed by atoms with E-state index in [-0.39, 0.29) is 11.8 Å².